The van der Waals surface area contributed by atoms with Crippen molar-refractivity contribution >= 4 is 5.57 Å². The molecule has 0 fully saturated rings. The molecule has 0 saturated heterocycles. The van der Waals surface area contributed by atoms with Gasteiger partial charge in [-0.3, -0.25) is 0 Å². The van der Waals surface area contributed by atoms with E-state index in [9.17, 15) is 8.78 Å². The van der Waals surface area contributed by atoms with Gasteiger partial charge in [0.25, 0.3) is 0 Å². The molecule has 0 nitrogen and oxygen atoms in total. The molecular weight excluding hydrogens is 338 g/mol. The van der Waals surface area contributed by atoms with Crippen LogP contribution in [0.1, 0.15) is 92.7 Å². The summed E-state index contributed by atoms with van der Waals surface area (Å²) in [6, 6.07) is 2.48. The average Bonchev–Trinajstić information content (AvgIpc) is 2.63. The average molecular weight is 379 g/mol. The Labute approximate surface area is 167 Å². The summed E-state index contributed by atoms with van der Waals surface area (Å²) in [5.41, 5.74) is 3.14. The van der Waals surface area contributed by atoms with Crippen LogP contribution in [0, 0.1) is 17.6 Å². The van der Waals surface area contributed by atoms with Crippen LogP contribution in [-0.2, 0) is 0 Å². The van der Waals surface area contributed by atoms with Gasteiger partial charge < -0.3 is 0 Å². The minimum absolute atomic E-state index is 0.125. The Morgan fingerprint density at radius 1 is 1.00 bits per heavy atom. The van der Waals surface area contributed by atoms with Crippen molar-refractivity contribution in [3.63, 3.8) is 0 Å². The Balaban J connectivity index is 0. The number of halogens is 2. The molecule has 0 aromatic heterocycles. The van der Waals surface area contributed by atoms with Crippen LogP contribution >= 0.6 is 0 Å². The van der Waals surface area contributed by atoms with Crippen molar-refractivity contribution in [3.05, 3.63) is 64.8 Å². The summed E-state index contributed by atoms with van der Waals surface area (Å²) in [5.74, 6) is -0.552. The van der Waals surface area contributed by atoms with Gasteiger partial charge in [0.2, 0.25) is 0 Å². The van der Waals surface area contributed by atoms with Crippen LogP contribution in [0.5, 0.6) is 0 Å². The van der Waals surface area contributed by atoms with Crippen LogP contribution in [-0.4, -0.2) is 0 Å². The molecule has 0 spiro atoms. The first-order chi connectivity index (χ1) is 12.8. The lowest BCUT2D eigenvalue weighted by atomic mass is 9.81. The molecule has 0 aliphatic carbocycles. The van der Waals surface area contributed by atoms with E-state index in [0.717, 1.165) is 29.2 Å². The van der Waals surface area contributed by atoms with Crippen molar-refractivity contribution in [3.8, 4) is 0 Å². The third-order valence-corrected chi connectivity index (χ3v) is 4.10. The fourth-order valence-electron chi connectivity index (χ4n) is 2.98. The van der Waals surface area contributed by atoms with Gasteiger partial charge in [-0.15, -0.1) is 0 Å². The van der Waals surface area contributed by atoms with Gasteiger partial charge in [-0.25, -0.2) is 8.78 Å². The molecule has 0 saturated carbocycles. The summed E-state index contributed by atoms with van der Waals surface area (Å²) in [5, 5.41) is 0. The SMILES string of the molecule is C/C=C\C=C/C(=C(C)C)c1c(F)cc(F)cc1C(CC)C(C)C.CC.CC. The summed E-state index contributed by atoms with van der Waals surface area (Å²) in [7, 11) is 0. The van der Waals surface area contributed by atoms with Crippen LogP contribution in [0.25, 0.3) is 5.57 Å². The fourth-order valence-corrected chi connectivity index (χ4v) is 2.98. The molecule has 0 amide bonds. The van der Waals surface area contributed by atoms with Crippen molar-refractivity contribution in [2.45, 2.75) is 81.6 Å². The standard InChI is InChI=1S/C21H28F2.2C2H6/c1-7-9-10-11-18(15(5)6)21-19(17(8-2)14(3)4)12-16(22)13-20(21)23;2*1-2/h7,9-14,17H,8H2,1-6H3;2*1-2H3/b9-7-,11-10-;;. The van der Waals surface area contributed by atoms with Crippen molar-refractivity contribution < 1.29 is 8.78 Å². The number of rotatable bonds is 6. The maximum Gasteiger partial charge on any atom is 0.134 e. The third-order valence-electron chi connectivity index (χ3n) is 4.10. The summed E-state index contributed by atoms with van der Waals surface area (Å²) < 4.78 is 28.5. The second-order valence-electron chi connectivity index (χ2n) is 6.41. The van der Waals surface area contributed by atoms with Crippen molar-refractivity contribution in [2.24, 2.45) is 5.92 Å². The van der Waals surface area contributed by atoms with Gasteiger partial charge in [-0.05, 0) is 56.2 Å². The first-order valence-electron chi connectivity index (χ1n) is 10.3. The summed E-state index contributed by atoms with van der Waals surface area (Å²) in [6.07, 6.45) is 8.48. The second-order valence-corrected chi connectivity index (χ2v) is 6.41. The van der Waals surface area contributed by atoms with Gasteiger partial charge in [0.15, 0.2) is 0 Å². The minimum atomic E-state index is -0.508. The van der Waals surface area contributed by atoms with E-state index in [1.54, 1.807) is 0 Å². The predicted molar refractivity (Wildman–Crippen MR) is 119 cm³/mol. The molecular formula is C25H40F2. The van der Waals surface area contributed by atoms with Crippen LogP contribution in [0.15, 0.2) is 42.0 Å². The number of hydrogen-bond donors (Lipinski definition) is 0. The van der Waals surface area contributed by atoms with E-state index in [-0.39, 0.29) is 5.92 Å². The van der Waals surface area contributed by atoms with E-state index in [1.165, 1.54) is 6.07 Å². The lowest BCUT2D eigenvalue weighted by molar-refractivity contribution is 0.476. The van der Waals surface area contributed by atoms with E-state index in [4.69, 9.17) is 0 Å². The molecule has 1 aromatic carbocycles. The van der Waals surface area contributed by atoms with Gasteiger partial charge in [-0.1, -0.05) is 78.3 Å². The molecule has 0 heterocycles. The molecule has 27 heavy (non-hydrogen) atoms. The molecule has 0 bridgehead atoms. The molecule has 0 radical (unpaired) electrons. The summed E-state index contributed by atoms with van der Waals surface area (Å²) in [6.45, 7) is 20.1. The normalized spacial score (nSPS) is 11.7. The third kappa shape index (κ3) is 8.69. The zero-order valence-corrected chi connectivity index (χ0v) is 19.1. The van der Waals surface area contributed by atoms with Crippen LogP contribution in [0.3, 0.4) is 0 Å². The zero-order chi connectivity index (χ0) is 21.6. The van der Waals surface area contributed by atoms with Gasteiger partial charge in [0, 0.05) is 11.6 Å². The molecule has 0 aliphatic rings. The molecule has 0 aliphatic heterocycles. The number of hydrogen-bond acceptors (Lipinski definition) is 0. The minimum Gasteiger partial charge on any atom is -0.207 e. The lowest BCUT2D eigenvalue weighted by Gasteiger charge is -2.24. The van der Waals surface area contributed by atoms with Gasteiger partial charge in [0.05, 0.1) is 0 Å². The largest absolute Gasteiger partial charge is 0.207 e. The molecule has 1 rings (SSSR count). The topological polar surface area (TPSA) is 0 Å². The van der Waals surface area contributed by atoms with Gasteiger partial charge in [-0.2, -0.15) is 0 Å². The molecule has 1 atom stereocenters. The van der Waals surface area contributed by atoms with Crippen molar-refractivity contribution in [2.75, 3.05) is 0 Å². The fraction of sp³-hybridized carbons (Fsp3) is 0.520. The molecule has 1 aromatic rings. The first kappa shape index (κ1) is 27.5. The van der Waals surface area contributed by atoms with Gasteiger partial charge >= 0.3 is 0 Å². The quantitative estimate of drug-likeness (QED) is 0.433. The van der Waals surface area contributed by atoms with E-state index < -0.39 is 11.6 Å². The highest BCUT2D eigenvalue weighted by molar-refractivity contribution is 5.79. The van der Waals surface area contributed by atoms with E-state index >= 15 is 0 Å². The second kappa shape index (κ2) is 15.4. The Kier molecular flexibility index (Phi) is 15.7. The maximum absolute atomic E-state index is 14.7. The highest BCUT2D eigenvalue weighted by Gasteiger charge is 2.23. The predicted octanol–water partition coefficient (Wildman–Crippen LogP) is 9.09. The highest BCUT2D eigenvalue weighted by Crippen LogP contribution is 2.37. The van der Waals surface area contributed by atoms with Crippen molar-refractivity contribution in [1.82, 2.24) is 0 Å². The Morgan fingerprint density at radius 3 is 1.96 bits per heavy atom. The van der Waals surface area contributed by atoms with Gasteiger partial charge in [0.1, 0.15) is 11.6 Å². The molecule has 1 unspecified atom stereocenters. The Hall–Kier alpha value is -1.70. The monoisotopic (exact) mass is 378 g/mol. The lowest BCUT2D eigenvalue weighted by Crippen LogP contribution is -2.11. The Bertz CT molecular complexity index is 615. The van der Waals surface area contributed by atoms with Crippen molar-refractivity contribution in [1.29, 1.82) is 0 Å². The maximum atomic E-state index is 14.7. The van der Waals surface area contributed by atoms with Crippen LogP contribution < -0.4 is 0 Å². The molecule has 154 valence electrons. The highest BCUT2D eigenvalue weighted by atomic mass is 19.1. The zero-order valence-electron chi connectivity index (χ0n) is 19.1. The van der Waals surface area contributed by atoms with E-state index in [1.807, 2.05) is 72.8 Å². The van der Waals surface area contributed by atoms with Crippen LogP contribution in [0.2, 0.25) is 0 Å². The number of benzene rings is 1. The van der Waals surface area contributed by atoms with Crippen LogP contribution in [0.4, 0.5) is 8.78 Å². The summed E-state index contributed by atoms with van der Waals surface area (Å²) >= 11 is 0. The molecule has 0 N–H and O–H groups in total. The smallest absolute Gasteiger partial charge is 0.134 e. The number of allylic oxidation sites excluding steroid dienone is 6. The summed E-state index contributed by atoms with van der Waals surface area (Å²) in [4.78, 5) is 0. The molecule has 2 heteroatoms. The van der Waals surface area contributed by atoms with E-state index in [0.29, 0.717) is 11.5 Å². The first-order valence-corrected chi connectivity index (χ1v) is 10.3. The Morgan fingerprint density at radius 2 is 1.56 bits per heavy atom. The van der Waals surface area contributed by atoms with E-state index in [2.05, 4.69) is 20.8 Å².